The summed E-state index contributed by atoms with van der Waals surface area (Å²) in [5.74, 6) is -0.221. The van der Waals surface area contributed by atoms with Gasteiger partial charge in [-0.05, 0) is 30.2 Å². The van der Waals surface area contributed by atoms with Crippen molar-refractivity contribution in [3.05, 3.63) is 65.7 Å². The normalized spacial score (nSPS) is 13.5. The van der Waals surface area contributed by atoms with Crippen LogP contribution in [0.2, 0.25) is 0 Å². The van der Waals surface area contributed by atoms with Crippen LogP contribution < -0.4 is 0 Å². The van der Waals surface area contributed by atoms with Crippen LogP contribution >= 0.6 is 0 Å². The number of nitrogens with zero attached hydrogens (tertiary/aromatic N) is 1. The zero-order chi connectivity index (χ0) is 15.4. The van der Waals surface area contributed by atoms with Crippen LogP contribution in [0.25, 0.3) is 0 Å². The maximum atomic E-state index is 12.4. The topological polar surface area (TPSA) is 60.8 Å². The molecular formula is C17H19NO3. The van der Waals surface area contributed by atoms with Crippen LogP contribution in [-0.4, -0.2) is 28.1 Å². The molecule has 4 heteroatoms. The summed E-state index contributed by atoms with van der Waals surface area (Å²) in [4.78, 5) is 13.8. The predicted molar refractivity (Wildman–Crippen MR) is 80.7 cm³/mol. The van der Waals surface area contributed by atoms with E-state index in [1.807, 2.05) is 19.1 Å². The summed E-state index contributed by atoms with van der Waals surface area (Å²) >= 11 is 0. The van der Waals surface area contributed by atoms with Crippen molar-refractivity contribution >= 4 is 5.91 Å². The molecule has 0 fully saturated rings. The minimum absolute atomic E-state index is 0.156. The Morgan fingerprint density at radius 3 is 2.29 bits per heavy atom. The molecule has 4 nitrogen and oxygen atoms in total. The van der Waals surface area contributed by atoms with Gasteiger partial charge in [0.05, 0.1) is 6.04 Å². The number of aliphatic hydroxyl groups excluding tert-OH is 1. The molecule has 0 spiro atoms. The maximum absolute atomic E-state index is 12.4. The Bertz CT molecular complexity index is 612. The summed E-state index contributed by atoms with van der Waals surface area (Å²) in [5.41, 5.74) is 1.38. The van der Waals surface area contributed by atoms with Crippen molar-refractivity contribution in [3.8, 4) is 5.75 Å². The number of carbonyl (C=O) groups is 1. The molecule has 0 saturated carbocycles. The molecule has 2 unspecified atom stereocenters. The van der Waals surface area contributed by atoms with Crippen LogP contribution in [0.5, 0.6) is 5.75 Å². The van der Waals surface area contributed by atoms with Gasteiger partial charge in [0, 0.05) is 7.05 Å². The lowest BCUT2D eigenvalue weighted by atomic mass is 10.0. The fraction of sp³-hybridized carbons (Fsp3) is 0.235. The molecule has 1 amide bonds. The van der Waals surface area contributed by atoms with E-state index in [0.717, 1.165) is 5.56 Å². The van der Waals surface area contributed by atoms with Crippen molar-refractivity contribution in [1.82, 2.24) is 4.90 Å². The van der Waals surface area contributed by atoms with Gasteiger partial charge in [-0.25, -0.2) is 0 Å². The second-order valence-corrected chi connectivity index (χ2v) is 5.03. The van der Waals surface area contributed by atoms with E-state index in [-0.39, 0.29) is 17.7 Å². The summed E-state index contributed by atoms with van der Waals surface area (Å²) in [5, 5.41) is 19.7. The molecule has 110 valence electrons. The molecule has 2 aromatic rings. The molecular weight excluding hydrogens is 266 g/mol. The number of amides is 1. The van der Waals surface area contributed by atoms with Crippen molar-refractivity contribution in [2.45, 2.75) is 19.1 Å². The highest BCUT2D eigenvalue weighted by atomic mass is 16.3. The largest absolute Gasteiger partial charge is 0.508 e. The Kier molecular flexibility index (Phi) is 4.60. The third-order valence-electron chi connectivity index (χ3n) is 3.63. The first-order valence-corrected chi connectivity index (χ1v) is 6.79. The summed E-state index contributed by atoms with van der Waals surface area (Å²) in [6.07, 6.45) is -1.18. The van der Waals surface area contributed by atoms with Gasteiger partial charge in [0.15, 0.2) is 6.10 Å². The van der Waals surface area contributed by atoms with Crippen molar-refractivity contribution in [2.24, 2.45) is 0 Å². The molecule has 21 heavy (non-hydrogen) atoms. The Morgan fingerprint density at radius 1 is 1.05 bits per heavy atom. The number of hydrogen-bond acceptors (Lipinski definition) is 3. The molecule has 0 radical (unpaired) electrons. The lowest BCUT2D eigenvalue weighted by molar-refractivity contribution is -0.141. The molecule has 0 aliphatic carbocycles. The molecule has 2 aromatic carbocycles. The molecule has 0 aliphatic heterocycles. The number of phenols is 1. The SMILES string of the molecule is CC(c1cccc(O)c1)N(C)C(=O)C(O)c1ccccc1. The zero-order valence-electron chi connectivity index (χ0n) is 12.1. The third-order valence-corrected chi connectivity index (χ3v) is 3.63. The third kappa shape index (κ3) is 3.41. The van der Waals surface area contributed by atoms with E-state index >= 15 is 0 Å². The van der Waals surface area contributed by atoms with E-state index in [0.29, 0.717) is 5.56 Å². The van der Waals surface area contributed by atoms with E-state index in [2.05, 4.69) is 0 Å². The van der Waals surface area contributed by atoms with Gasteiger partial charge >= 0.3 is 0 Å². The van der Waals surface area contributed by atoms with Gasteiger partial charge in [-0.15, -0.1) is 0 Å². The molecule has 0 bridgehead atoms. The van der Waals surface area contributed by atoms with Gasteiger partial charge in [-0.3, -0.25) is 4.79 Å². The molecule has 0 aliphatic rings. The number of rotatable bonds is 4. The fourth-order valence-corrected chi connectivity index (χ4v) is 2.17. The highest BCUT2D eigenvalue weighted by Gasteiger charge is 2.25. The molecule has 2 N–H and O–H groups in total. The van der Waals surface area contributed by atoms with E-state index in [1.165, 1.54) is 4.90 Å². The Balaban J connectivity index is 2.15. The molecule has 0 heterocycles. The highest BCUT2D eigenvalue weighted by molar-refractivity contribution is 5.82. The molecule has 0 saturated heterocycles. The number of carbonyl (C=O) groups excluding carboxylic acids is 1. The van der Waals surface area contributed by atoms with Crippen molar-refractivity contribution in [3.63, 3.8) is 0 Å². The minimum Gasteiger partial charge on any atom is -0.508 e. The summed E-state index contributed by atoms with van der Waals surface area (Å²) < 4.78 is 0. The lowest BCUT2D eigenvalue weighted by Gasteiger charge is -2.27. The highest BCUT2D eigenvalue weighted by Crippen LogP contribution is 2.25. The van der Waals surface area contributed by atoms with E-state index in [9.17, 15) is 15.0 Å². The Labute approximate surface area is 124 Å². The number of phenolic OH excluding ortho intramolecular Hbond substituents is 1. The van der Waals surface area contributed by atoms with Crippen LogP contribution in [0.1, 0.15) is 30.2 Å². The fourth-order valence-electron chi connectivity index (χ4n) is 2.17. The zero-order valence-corrected chi connectivity index (χ0v) is 12.1. The predicted octanol–water partition coefficient (Wildman–Crippen LogP) is 2.65. The van der Waals surface area contributed by atoms with Crippen molar-refractivity contribution < 1.29 is 15.0 Å². The van der Waals surface area contributed by atoms with Gasteiger partial charge in [0.1, 0.15) is 5.75 Å². The van der Waals surface area contributed by atoms with E-state index in [1.54, 1.807) is 49.5 Å². The van der Waals surface area contributed by atoms with Crippen LogP contribution in [0.15, 0.2) is 54.6 Å². The molecule has 0 aromatic heterocycles. The Morgan fingerprint density at radius 2 is 1.67 bits per heavy atom. The first-order chi connectivity index (χ1) is 10.0. The Hall–Kier alpha value is -2.33. The number of likely N-dealkylation sites (N-methyl/N-ethyl adjacent to an activating group) is 1. The lowest BCUT2D eigenvalue weighted by Crippen LogP contribution is -2.33. The average Bonchev–Trinajstić information content (AvgIpc) is 2.53. The van der Waals surface area contributed by atoms with Crippen molar-refractivity contribution in [2.75, 3.05) is 7.05 Å². The number of benzene rings is 2. The van der Waals surface area contributed by atoms with Crippen LogP contribution in [0, 0.1) is 0 Å². The smallest absolute Gasteiger partial charge is 0.256 e. The van der Waals surface area contributed by atoms with Gasteiger partial charge in [-0.1, -0.05) is 42.5 Å². The molecule has 2 rings (SSSR count). The average molecular weight is 285 g/mol. The van der Waals surface area contributed by atoms with Crippen molar-refractivity contribution in [1.29, 1.82) is 0 Å². The van der Waals surface area contributed by atoms with Crippen LogP contribution in [0.4, 0.5) is 0 Å². The molecule has 2 atom stereocenters. The minimum atomic E-state index is -1.18. The van der Waals surface area contributed by atoms with E-state index < -0.39 is 6.10 Å². The van der Waals surface area contributed by atoms with Crippen LogP contribution in [-0.2, 0) is 4.79 Å². The van der Waals surface area contributed by atoms with Gasteiger partial charge < -0.3 is 15.1 Å². The van der Waals surface area contributed by atoms with Gasteiger partial charge in [-0.2, -0.15) is 0 Å². The monoisotopic (exact) mass is 285 g/mol. The summed E-state index contributed by atoms with van der Waals surface area (Å²) in [6.45, 7) is 1.85. The van der Waals surface area contributed by atoms with Gasteiger partial charge in [0.25, 0.3) is 5.91 Å². The standard InChI is InChI=1S/C17H19NO3/c1-12(14-9-6-10-15(19)11-14)18(2)17(21)16(20)13-7-4-3-5-8-13/h3-12,16,19-20H,1-2H3. The number of aromatic hydroxyl groups is 1. The second kappa shape index (κ2) is 6.41. The number of hydrogen-bond donors (Lipinski definition) is 2. The first-order valence-electron chi connectivity index (χ1n) is 6.79. The van der Waals surface area contributed by atoms with Gasteiger partial charge in [0.2, 0.25) is 0 Å². The van der Waals surface area contributed by atoms with Crippen LogP contribution in [0.3, 0.4) is 0 Å². The second-order valence-electron chi connectivity index (χ2n) is 5.03. The summed E-state index contributed by atoms with van der Waals surface area (Å²) in [6, 6.07) is 15.3. The first kappa shape index (κ1) is 15.1. The quantitative estimate of drug-likeness (QED) is 0.908. The summed E-state index contributed by atoms with van der Waals surface area (Å²) in [7, 11) is 1.64. The maximum Gasteiger partial charge on any atom is 0.256 e. The van der Waals surface area contributed by atoms with E-state index in [4.69, 9.17) is 0 Å². The number of aliphatic hydroxyl groups is 1.